The highest BCUT2D eigenvalue weighted by Gasteiger charge is 2.18. The molecule has 1 aromatic carbocycles. The van der Waals surface area contributed by atoms with E-state index in [1.807, 2.05) is 51.2 Å². The predicted octanol–water partition coefficient (Wildman–Crippen LogP) is 2.42. The quantitative estimate of drug-likeness (QED) is 0.777. The lowest BCUT2D eigenvalue weighted by molar-refractivity contribution is -0.119. The number of benzene rings is 1. The fourth-order valence-electron chi connectivity index (χ4n) is 2.90. The molecule has 0 saturated carbocycles. The number of aromatic nitrogens is 2. The summed E-state index contributed by atoms with van der Waals surface area (Å²) >= 11 is 0. The van der Waals surface area contributed by atoms with E-state index in [-0.39, 0.29) is 12.5 Å². The van der Waals surface area contributed by atoms with Crippen molar-refractivity contribution in [2.24, 2.45) is 7.05 Å². The van der Waals surface area contributed by atoms with E-state index in [0.29, 0.717) is 19.5 Å². The smallest absolute Gasteiger partial charge is 0.241 e. The molecule has 0 aliphatic carbocycles. The summed E-state index contributed by atoms with van der Waals surface area (Å²) in [5.41, 5.74) is 4.13. The molecule has 1 aromatic heterocycles. The summed E-state index contributed by atoms with van der Waals surface area (Å²) in [4.78, 5) is 16.5. The van der Waals surface area contributed by atoms with E-state index in [0.717, 1.165) is 22.4 Å². The van der Waals surface area contributed by atoms with Crippen LogP contribution in [0.1, 0.15) is 23.1 Å². The SMILES string of the molecule is Cc1cc(C)cc(N(CCC#N)C(=O)CN(C)Cc2cnn(C)c2)c1. The highest BCUT2D eigenvalue weighted by Crippen LogP contribution is 2.19. The van der Waals surface area contributed by atoms with Gasteiger partial charge in [0.2, 0.25) is 5.91 Å². The molecule has 1 heterocycles. The molecule has 0 radical (unpaired) electrons. The predicted molar refractivity (Wildman–Crippen MR) is 98.0 cm³/mol. The van der Waals surface area contributed by atoms with Crippen LogP contribution >= 0.6 is 0 Å². The maximum atomic E-state index is 12.8. The summed E-state index contributed by atoms with van der Waals surface area (Å²) in [5.74, 6) is -0.00774. The largest absolute Gasteiger partial charge is 0.310 e. The Morgan fingerprint density at radius 3 is 2.52 bits per heavy atom. The van der Waals surface area contributed by atoms with Crippen molar-refractivity contribution in [1.29, 1.82) is 5.26 Å². The second kappa shape index (κ2) is 8.45. The van der Waals surface area contributed by atoms with Crippen LogP contribution in [0.2, 0.25) is 0 Å². The highest BCUT2D eigenvalue weighted by atomic mass is 16.2. The summed E-state index contributed by atoms with van der Waals surface area (Å²) in [6, 6.07) is 8.18. The molecule has 0 N–H and O–H groups in total. The number of carbonyl (C=O) groups is 1. The zero-order chi connectivity index (χ0) is 18.4. The topological polar surface area (TPSA) is 65.2 Å². The number of anilines is 1. The standard InChI is InChI=1S/C19H25N5O/c1-15-8-16(2)10-18(9-15)24(7-5-6-20)19(25)14-22(3)12-17-11-21-23(4)13-17/h8-11,13H,5,7,12,14H2,1-4H3. The molecule has 0 aliphatic rings. The van der Waals surface area contributed by atoms with Gasteiger partial charge in [-0.05, 0) is 44.2 Å². The Balaban J connectivity index is 2.10. The number of aryl methyl sites for hydroxylation is 3. The Labute approximate surface area is 149 Å². The van der Waals surface area contributed by atoms with Crippen LogP contribution in [0.5, 0.6) is 0 Å². The zero-order valence-corrected chi connectivity index (χ0v) is 15.4. The van der Waals surface area contributed by atoms with Gasteiger partial charge in [-0.1, -0.05) is 6.07 Å². The molecular formula is C19H25N5O. The van der Waals surface area contributed by atoms with Crippen LogP contribution in [0.3, 0.4) is 0 Å². The van der Waals surface area contributed by atoms with Crippen molar-refractivity contribution < 1.29 is 4.79 Å². The molecule has 0 aliphatic heterocycles. The number of nitriles is 1. The van der Waals surface area contributed by atoms with E-state index in [1.54, 1.807) is 15.8 Å². The number of carbonyl (C=O) groups excluding carboxylic acids is 1. The van der Waals surface area contributed by atoms with Crippen molar-refractivity contribution in [1.82, 2.24) is 14.7 Å². The number of nitrogens with zero attached hydrogens (tertiary/aromatic N) is 5. The Bertz CT molecular complexity index is 754. The Morgan fingerprint density at radius 1 is 1.28 bits per heavy atom. The van der Waals surface area contributed by atoms with Crippen LogP contribution in [-0.2, 0) is 18.4 Å². The second-order valence-corrected chi connectivity index (χ2v) is 6.49. The molecule has 0 bridgehead atoms. The minimum Gasteiger partial charge on any atom is -0.310 e. The Hall–Kier alpha value is -2.65. The van der Waals surface area contributed by atoms with Gasteiger partial charge in [0.05, 0.1) is 25.2 Å². The molecule has 0 saturated heterocycles. The number of amides is 1. The molecule has 0 unspecified atom stereocenters. The minimum atomic E-state index is -0.00774. The van der Waals surface area contributed by atoms with Crippen molar-refractivity contribution in [3.05, 3.63) is 47.3 Å². The van der Waals surface area contributed by atoms with Crippen LogP contribution in [0.15, 0.2) is 30.6 Å². The van der Waals surface area contributed by atoms with Gasteiger partial charge < -0.3 is 4.90 Å². The molecule has 1 amide bonds. The highest BCUT2D eigenvalue weighted by molar-refractivity contribution is 5.95. The number of rotatable bonds is 7. The van der Waals surface area contributed by atoms with Gasteiger partial charge in [0.25, 0.3) is 0 Å². The van der Waals surface area contributed by atoms with Crippen molar-refractivity contribution >= 4 is 11.6 Å². The molecule has 132 valence electrons. The summed E-state index contributed by atoms with van der Waals surface area (Å²) in [5, 5.41) is 13.1. The van der Waals surface area contributed by atoms with Gasteiger partial charge in [-0.3, -0.25) is 14.4 Å². The first-order chi connectivity index (χ1) is 11.9. The summed E-state index contributed by atoms with van der Waals surface area (Å²) in [6.07, 6.45) is 4.06. The van der Waals surface area contributed by atoms with E-state index in [9.17, 15) is 4.79 Å². The van der Waals surface area contributed by atoms with Gasteiger partial charge in [-0.25, -0.2) is 0 Å². The number of hydrogen-bond donors (Lipinski definition) is 0. The first-order valence-electron chi connectivity index (χ1n) is 8.30. The second-order valence-electron chi connectivity index (χ2n) is 6.49. The third kappa shape index (κ3) is 5.44. The van der Waals surface area contributed by atoms with Crippen molar-refractivity contribution in [3.8, 4) is 6.07 Å². The normalized spacial score (nSPS) is 10.7. The molecule has 0 fully saturated rings. The molecule has 0 spiro atoms. The lowest BCUT2D eigenvalue weighted by atomic mass is 10.1. The van der Waals surface area contributed by atoms with Gasteiger partial charge in [-0.15, -0.1) is 0 Å². The number of likely N-dealkylation sites (N-methyl/N-ethyl adjacent to an activating group) is 1. The Morgan fingerprint density at radius 2 is 1.96 bits per heavy atom. The van der Waals surface area contributed by atoms with Gasteiger partial charge in [0.1, 0.15) is 0 Å². The molecule has 6 nitrogen and oxygen atoms in total. The van der Waals surface area contributed by atoms with E-state index >= 15 is 0 Å². The maximum Gasteiger partial charge on any atom is 0.241 e. The lowest BCUT2D eigenvalue weighted by Gasteiger charge is -2.25. The van der Waals surface area contributed by atoms with Crippen molar-refractivity contribution in [2.45, 2.75) is 26.8 Å². The van der Waals surface area contributed by atoms with Crippen molar-refractivity contribution in [2.75, 3.05) is 25.0 Å². The van der Waals surface area contributed by atoms with Crippen LogP contribution in [-0.4, -0.2) is 40.7 Å². The van der Waals surface area contributed by atoms with Gasteiger partial charge >= 0.3 is 0 Å². The third-order valence-corrected chi connectivity index (χ3v) is 3.88. The Kier molecular flexibility index (Phi) is 6.31. The molecule has 25 heavy (non-hydrogen) atoms. The third-order valence-electron chi connectivity index (χ3n) is 3.88. The summed E-state index contributed by atoms with van der Waals surface area (Å²) in [6.45, 7) is 5.36. The van der Waals surface area contributed by atoms with E-state index in [2.05, 4.69) is 17.2 Å². The van der Waals surface area contributed by atoms with E-state index in [1.165, 1.54) is 0 Å². The van der Waals surface area contributed by atoms with Gasteiger partial charge in [-0.2, -0.15) is 10.4 Å². The summed E-state index contributed by atoms with van der Waals surface area (Å²) in [7, 11) is 3.78. The fraction of sp³-hybridized carbons (Fsp3) is 0.421. The zero-order valence-electron chi connectivity index (χ0n) is 15.4. The first kappa shape index (κ1) is 18.7. The van der Waals surface area contributed by atoms with Crippen LogP contribution in [0.25, 0.3) is 0 Å². The molecular weight excluding hydrogens is 314 g/mol. The average molecular weight is 339 g/mol. The van der Waals surface area contributed by atoms with E-state index < -0.39 is 0 Å². The van der Waals surface area contributed by atoms with Gasteiger partial charge in [0, 0.05) is 37.6 Å². The maximum absolute atomic E-state index is 12.8. The summed E-state index contributed by atoms with van der Waals surface area (Å²) < 4.78 is 1.75. The number of hydrogen-bond acceptors (Lipinski definition) is 4. The average Bonchev–Trinajstić information content (AvgIpc) is 2.91. The first-order valence-corrected chi connectivity index (χ1v) is 8.30. The van der Waals surface area contributed by atoms with Crippen LogP contribution in [0, 0.1) is 25.2 Å². The minimum absolute atomic E-state index is 0.00774. The van der Waals surface area contributed by atoms with Crippen LogP contribution < -0.4 is 4.90 Å². The fourth-order valence-corrected chi connectivity index (χ4v) is 2.90. The monoisotopic (exact) mass is 339 g/mol. The molecule has 2 rings (SSSR count). The van der Waals surface area contributed by atoms with Gasteiger partial charge in [0.15, 0.2) is 0 Å². The lowest BCUT2D eigenvalue weighted by Crippen LogP contribution is -2.39. The van der Waals surface area contributed by atoms with Crippen LogP contribution in [0.4, 0.5) is 5.69 Å². The molecule has 6 heteroatoms. The molecule has 2 aromatic rings. The molecule has 0 atom stereocenters. The van der Waals surface area contributed by atoms with Crippen molar-refractivity contribution in [3.63, 3.8) is 0 Å². The van der Waals surface area contributed by atoms with E-state index in [4.69, 9.17) is 5.26 Å².